The molecule has 0 bridgehead atoms. The van der Waals surface area contributed by atoms with E-state index < -0.39 is 5.97 Å². The highest BCUT2D eigenvalue weighted by atomic mass is 35.5. The Labute approximate surface area is 250 Å². The summed E-state index contributed by atoms with van der Waals surface area (Å²) < 4.78 is 17.0. The van der Waals surface area contributed by atoms with E-state index in [1.54, 1.807) is 36.4 Å². The fourth-order valence-corrected chi connectivity index (χ4v) is 4.91. The highest BCUT2D eigenvalue weighted by Crippen LogP contribution is 2.28. The molecule has 0 aromatic heterocycles. The number of carbonyl (C=O) groups is 2. The zero-order valence-corrected chi connectivity index (χ0v) is 25.4. The largest absolute Gasteiger partial charge is 0.494 e. The molecule has 220 valence electrons. The van der Waals surface area contributed by atoms with Crippen LogP contribution in [0, 0.1) is 0 Å². The van der Waals surface area contributed by atoms with Crippen molar-refractivity contribution in [3.8, 4) is 22.6 Å². The van der Waals surface area contributed by atoms with E-state index in [4.69, 9.17) is 25.8 Å². The smallest absolute Gasteiger partial charge is 0.345 e. The molecule has 0 aliphatic carbocycles. The van der Waals surface area contributed by atoms with Gasteiger partial charge in [0.15, 0.2) is 0 Å². The Kier molecular flexibility index (Phi) is 13.7. The second-order valence-electron chi connectivity index (χ2n) is 10.4. The average Bonchev–Trinajstić information content (AvgIpc) is 2.97. The molecule has 0 unspecified atom stereocenters. The lowest BCUT2D eigenvalue weighted by atomic mass is 9.99. The summed E-state index contributed by atoms with van der Waals surface area (Å²) >= 11 is 6.40. The Morgan fingerprint density at radius 2 is 1.39 bits per heavy atom. The van der Waals surface area contributed by atoms with Gasteiger partial charge in [0, 0.05) is 0 Å². The van der Waals surface area contributed by atoms with Crippen molar-refractivity contribution in [3.05, 3.63) is 82.9 Å². The fraction of sp³-hybridized carbons (Fsp3) is 0.429. The van der Waals surface area contributed by atoms with Gasteiger partial charge in [0.2, 0.25) is 0 Å². The van der Waals surface area contributed by atoms with Crippen LogP contribution in [0.2, 0.25) is 5.02 Å². The number of esters is 2. The quantitative estimate of drug-likeness (QED) is 0.0905. The van der Waals surface area contributed by atoms with Crippen LogP contribution in [0.25, 0.3) is 11.1 Å². The van der Waals surface area contributed by atoms with E-state index in [1.165, 1.54) is 38.5 Å². The molecule has 41 heavy (non-hydrogen) atoms. The van der Waals surface area contributed by atoms with Gasteiger partial charge in [-0.3, -0.25) is 0 Å². The van der Waals surface area contributed by atoms with E-state index in [0.717, 1.165) is 36.8 Å². The predicted molar refractivity (Wildman–Crippen MR) is 166 cm³/mol. The fourth-order valence-electron chi connectivity index (χ4n) is 4.67. The Bertz CT molecular complexity index is 1240. The molecule has 0 heterocycles. The van der Waals surface area contributed by atoms with Crippen LogP contribution in [0.3, 0.4) is 0 Å². The first-order chi connectivity index (χ1) is 19.9. The van der Waals surface area contributed by atoms with Gasteiger partial charge in [-0.2, -0.15) is 0 Å². The molecule has 1 atom stereocenters. The second kappa shape index (κ2) is 17.5. The summed E-state index contributed by atoms with van der Waals surface area (Å²) in [6.45, 7) is 6.82. The highest BCUT2D eigenvalue weighted by Gasteiger charge is 2.17. The molecule has 0 saturated carbocycles. The number of ether oxygens (including phenoxy) is 3. The topological polar surface area (TPSA) is 61.8 Å². The van der Waals surface area contributed by atoms with Crippen molar-refractivity contribution in [2.24, 2.45) is 0 Å². The second-order valence-corrected chi connectivity index (χ2v) is 10.8. The van der Waals surface area contributed by atoms with Crippen LogP contribution in [0.4, 0.5) is 0 Å². The maximum absolute atomic E-state index is 12.8. The van der Waals surface area contributed by atoms with Crippen LogP contribution in [-0.4, -0.2) is 24.6 Å². The number of benzene rings is 3. The average molecular weight is 579 g/mol. The molecule has 3 aromatic carbocycles. The van der Waals surface area contributed by atoms with Crippen molar-refractivity contribution in [3.63, 3.8) is 0 Å². The Morgan fingerprint density at radius 3 is 2.07 bits per heavy atom. The number of hydrogen-bond acceptors (Lipinski definition) is 5. The first-order valence-electron chi connectivity index (χ1n) is 15.0. The summed E-state index contributed by atoms with van der Waals surface area (Å²) in [5.74, 6) is 0.116. The lowest BCUT2D eigenvalue weighted by molar-refractivity contribution is 0.0324. The maximum Gasteiger partial charge on any atom is 0.345 e. The van der Waals surface area contributed by atoms with Crippen molar-refractivity contribution in [1.82, 2.24) is 0 Å². The zero-order valence-electron chi connectivity index (χ0n) is 24.6. The molecule has 0 N–H and O–H groups in total. The van der Waals surface area contributed by atoms with Gasteiger partial charge < -0.3 is 14.2 Å². The summed E-state index contributed by atoms with van der Waals surface area (Å²) in [5, 5.41) is 0.282. The molecule has 3 rings (SSSR count). The van der Waals surface area contributed by atoms with E-state index in [1.807, 2.05) is 37.3 Å². The minimum atomic E-state index is -0.550. The lowest BCUT2D eigenvalue weighted by Gasteiger charge is -2.14. The summed E-state index contributed by atoms with van der Waals surface area (Å²) in [5.41, 5.74) is 2.34. The number of unbranched alkanes of at least 4 members (excludes halogenated alkanes) is 7. The Hall–Kier alpha value is -3.31. The van der Waals surface area contributed by atoms with E-state index >= 15 is 0 Å². The molecule has 0 saturated heterocycles. The molecule has 0 aliphatic heterocycles. The Balaban J connectivity index is 1.53. The van der Waals surface area contributed by atoms with E-state index in [0.29, 0.717) is 23.7 Å². The van der Waals surface area contributed by atoms with E-state index in [2.05, 4.69) is 13.8 Å². The third-order valence-corrected chi connectivity index (χ3v) is 7.27. The van der Waals surface area contributed by atoms with Crippen LogP contribution >= 0.6 is 11.6 Å². The molecule has 0 fully saturated rings. The van der Waals surface area contributed by atoms with Crippen molar-refractivity contribution >= 4 is 23.5 Å². The Morgan fingerprint density at radius 1 is 0.732 bits per heavy atom. The van der Waals surface area contributed by atoms with Gasteiger partial charge in [0.1, 0.15) is 11.5 Å². The van der Waals surface area contributed by atoms with E-state index in [9.17, 15) is 9.59 Å². The van der Waals surface area contributed by atoms with Crippen LogP contribution in [0.15, 0.2) is 66.7 Å². The summed E-state index contributed by atoms with van der Waals surface area (Å²) in [7, 11) is 0. The van der Waals surface area contributed by atoms with Gasteiger partial charge in [-0.1, -0.05) is 107 Å². The number of carbonyl (C=O) groups excluding carboxylic acids is 2. The van der Waals surface area contributed by atoms with Crippen LogP contribution in [0.5, 0.6) is 11.5 Å². The van der Waals surface area contributed by atoms with Gasteiger partial charge in [0.25, 0.3) is 0 Å². The molecular weight excluding hydrogens is 536 g/mol. The van der Waals surface area contributed by atoms with E-state index in [-0.39, 0.29) is 22.7 Å². The monoisotopic (exact) mass is 578 g/mol. The van der Waals surface area contributed by atoms with Gasteiger partial charge >= 0.3 is 11.9 Å². The van der Waals surface area contributed by atoms with Crippen LogP contribution in [-0.2, 0) is 4.74 Å². The van der Waals surface area contributed by atoms with Crippen LogP contribution in [0.1, 0.15) is 106 Å². The molecular formula is C35H43ClO5. The molecule has 0 radical (unpaired) electrons. The molecule has 5 nitrogen and oxygen atoms in total. The SMILES string of the molecule is CCCCCCCCCCOc1ccc(C(=O)Oc2ccc(-c3ccccc3C(=O)O[C@@H](C)CCC)cc2)c(Cl)c1. The van der Waals surface area contributed by atoms with Gasteiger partial charge in [-0.05, 0) is 67.3 Å². The standard InChI is InChI=1S/C35H43ClO5/c1-4-6-7-8-9-10-11-14-24-39-29-22-23-32(33(36)25-29)35(38)41-28-20-18-27(19-21-28)30-16-12-13-17-31(30)34(37)40-26(3)15-5-2/h12-13,16-23,25-26H,4-11,14-15,24H2,1-3H3/t26-/m0/s1. The molecule has 0 amide bonds. The zero-order chi connectivity index (χ0) is 29.5. The number of halogens is 1. The third-order valence-electron chi connectivity index (χ3n) is 6.95. The van der Waals surface area contributed by atoms with Crippen molar-refractivity contribution in [2.45, 2.75) is 91.1 Å². The summed E-state index contributed by atoms with van der Waals surface area (Å²) in [4.78, 5) is 25.6. The normalized spacial score (nSPS) is 11.6. The number of hydrogen-bond donors (Lipinski definition) is 0. The first-order valence-corrected chi connectivity index (χ1v) is 15.4. The van der Waals surface area contributed by atoms with Gasteiger partial charge in [-0.15, -0.1) is 0 Å². The summed E-state index contributed by atoms with van der Waals surface area (Å²) in [6, 6.07) is 19.4. The molecule has 6 heteroatoms. The van der Waals surface area contributed by atoms with Gasteiger partial charge in [-0.25, -0.2) is 9.59 Å². The minimum absolute atomic E-state index is 0.148. The minimum Gasteiger partial charge on any atom is -0.494 e. The predicted octanol–water partition coefficient (Wildman–Crippen LogP) is 10.1. The van der Waals surface area contributed by atoms with Gasteiger partial charge in [0.05, 0.1) is 28.9 Å². The third kappa shape index (κ3) is 10.6. The first kappa shape index (κ1) is 32.2. The lowest BCUT2D eigenvalue weighted by Crippen LogP contribution is -2.15. The van der Waals surface area contributed by atoms with Crippen molar-refractivity contribution in [1.29, 1.82) is 0 Å². The van der Waals surface area contributed by atoms with Crippen molar-refractivity contribution in [2.75, 3.05) is 6.61 Å². The molecule has 3 aromatic rings. The van der Waals surface area contributed by atoms with Crippen LogP contribution < -0.4 is 9.47 Å². The molecule has 0 spiro atoms. The summed E-state index contributed by atoms with van der Waals surface area (Å²) in [6.07, 6.45) is 11.5. The maximum atomic E-state index is 12.8. The number of rotatable bonds is 17. The van der Waals surface area contributed by atoms with Crippen molar-refractivity contribution < 1.29 is 23.8 Å². The highest BCUT2D eigenvalue weighted by molar-refractivity contribution is 6.33. The molecule has 0 aliphatic rings.